The van der Waals surface area contributed by atoms with Gasteiger partial charge in [0.25, 0.3) is 5.79 Å². The van der Waals surface area contributed by atoms with E-state index in [2.05, 4.69) is 5.32 Å². The molecule has 15 N–H and O–H groups in total. The third-order valence-electron chi connectivity index (χ3n) is 9.97. The van der Waals surface area contributed by atoms with Gasteiger partial charge in [0.05, 0.1) is 38.6 Å². The van der Waals surface area contributed by atoms with Crippen LogP contribution in [0.25, 0.3) is 0 Å². The average molecular weight is 794 g/mol. The average Bonchev–Trinajstić information content (AvgIpc) is 3.13. The summed E-state index contributed by atoms with van der Waals surface area (Å²) in [7, 11) is 0. The molecule has 0 spiro atoms. The minimum atomic E-state index is -3.06. The molecule has 0 aliphatic carbocycles. The summed E-state index contributed by atoms with van der Waals surface area (Å²) in [6, 6.07) is -1.64. The molecule has 4 aliphatic heterocycles. The van der Waals surface area contributed by atoms with Gasteiger partial charge in [-0.3, -0.25) is 4.79 Å². The number of aliphatic hydroxyl groups excluding tert-OH is 13. The van der Waals surface area contributed by atoms with Crippen molar-refractivity contribution < 1.29 is 114 Å². The van der Waals surface area contributed by atoms with Crippen LogP contribution in [0, 0.1) is 5.92 Å². The quantitative estimate of drug-likeness (QED) is 0.0776. The summed E-state index contributed by atoms with van der Waals surface area (Å²) in [5, 5.41) is 148. The molecule has 4 fully saturated rings. The van der Waals surface area contributed by atoms with E-state index in [0.29, 0.717) is 0 Å². The van der Waals surface area contributed by atoms with Gasteiger partial charge in [-0.2, -0.15) is 0 Å². The number of aliphatic carboxylic acids is 1. The SMILES string of the molecule is CC(=O)NC1[C@H](O[C@H]2C(CO)O[C@@H](O[C@@H]3C(CO)OC(O)C(O)[C@H]3O)C(O)[C@H]2O[C@]2(C(=O)O)CC(O)[C@@H](C)[C@H]([C@@H](O)[C@H](O)CO)O2)OC(CO)[C@H](O)[C@@H]1O. The Morgan fingerprint density at radius 2 is 1.33 bits per heavy atom. The molecule has 0 aromatic rings. The minimum absolute atomic E-state index is 0.775. The Morgan fingerprint density at radius 1 is 0.759 bits per heavy atom. The van der Waals surface area contributed by atoms with Crippen molar-refractivity contribution in [2.24, 2.45) is 5.92 Å². The molecule has 0 aromatic heterocycles. The monoisotopic (exact) mass is 793 g/mol. The normalized spacial score (nSPS) is 47.1. The lowest BCUT2D eigenvalue weighted by Crippen LogP contribution is -2.70. The zero-order valence-electron chi connectivity index (χ0n) is 29.0. The first-order valence-electron chi connectivity index (χ1n) is 17.1. The van der Waals surface area contributed by atoms with Crippen molar-refractivity contribution in [1.29, 1.82) is 0 Å². The lowest BCUT2D eigenvalue weighted by molar-refractivity contribution is -0.401. The van der Waals surface area contributed by atoms with Gasteiger partial charge in [0.15, 0.2) is 18.9 Å². The Kier molecular flexibility index (Phi) is 15.4. The third-order valence-corrected chi connectivity index (χ3v) is 9.97. The van der Waals surface area contributed by atoms with E-state index in [1.807, 2.05) is 0 Å². The number of aliphatic hydroxyl groups is 13. The highest BCUT2D eigenvalue weighted by molar-refractivity contribution is 5.76. The molecule has 24 heteroatoms. The van der Waals surface area contributed by atoms with Crippen molar-refractivity contribution in [3.05, 3.63) is 0 Å². The topological polar surface area (TPSA) is 394 Å². The van der Waals surface area contributed by atoms with Crippen molar-refractivity contribution in [3.8, 4) is 0 Å². The number of carboxylic acid groups (broad SMARTS) is 1. The Morgan fingerprint density at radius 3 is 1.89 bits per heavy atom. The van der Waals surface area contributed by atoms with Gasteiger partial charge in [-0.25, -0.2) is 4.79 Å². The maximum atomic E-state index is 13.0. The van der Waals surface area contributed by atoms with Gasteiger partial charge in [-0.15, -0.1) is 0 Å². The molecule has 4 saturated heterocycles. The van der Waals surface area contributed by atoms with Crippen LogP contribution in [-0.4, -0.2) is 232 Å². The number of hydrogen-bond acceptors (Lipinski definition) is 22. The van der Waals surface area contributed by atoms with Crippen LogP contribution in [0.2, 0.25) is 0 Å². The van der Waals surface area contributed by atoms with E-state index in [-0.39, 0.29) is 0 Å². The number of ether oxygens (including phenoxy) is 7. The van der Waals surface area contributed by atoms with Crippen LogP contribution in [0.3, 0.4) is 0 Å². The van der Waals surface area contributed by atoms with Crippen molar-refractivity contribution in [2.75, 3.05) is 26.4 Å². The van der Waals surface area contributed by atoms with E-state index in [9.17, 15) is 81.1 Å². The summed E-state index contributed by atoms with van der Waals surface area (Å²) in [6.45, 7) is -1.56. The van der Waals surface area contributed by atoms with Crippen LogP contribution in [0.1, 0.15) is 20.3 Å². The molecule has 21 atom stereocenters. The Labute approximate surface area is 306 Å². The first-order chi connectivity index (χ1) is 25.4. The van der Waals surface area contributed by atoms with Gasteiger partial charge in [0, 0.05) is 19.3 Å². The van der Waals surface area contributed by atoms with E-state index in [1.165, 1.54) is 6.92 Å². The molecular formula is C30H51NO23. The van der Waals surface area contributed by atoms with E-state index in [0.717, 1.165) is 6.92 Å². The molecular weight excluding hydrogens is 742 g/mol. The van der Waals surface area contributed by atoms with Gasteiger partial charge >= 0.3 is 5.97 Å². The molecule has 0 bridgehead atoms. The highest BCUT2D eigenvalue weighted by Crippen LogP contribution is 2.41. The molecule has 4 aliphatic rings. The number of nitrogens with one attached hydrogen (secondary N) is 1. The Hall–Kier alpha value is -1.86. The van der Waals surface area contributed by atoms with Gasteiger partial charge in [0.2, 0.25) is 5.91 Å². The summed E-state index contributed by atoms with van der Waals surface area (Å²) in [6.07, 6.45) is -35.1. The number of hydrogen-bond donors (Lipinski definition) is 15. The molecule has 4 heterocycles. The lowest BCUT2D eigenvalue weighted by atomic mass is 9.84. The predicted molar refractivity (Wildman–Crippen MR) is 166 cm³/mol. The largest absolute Gasteiger partial charge is 0.477 e. The first kappa shape index (κ1) is 44.8. The molecule has 8 unspecified atom stereocenters. The Balaban J connectivity index is 1.79. The van der Waals surface area contributed by atoms with Crippen molar-refractivity contribution in [3.63, 3.8) is 0 Å². The van der Waals surface area contributed by atoms with Crippen LogP contribution < -0.4 is 5.32 Å². The zero-order chi connectivity index (χ0) is 40.4. The molecule has 0 radical (unpaired) electrons. The molecule has 24 nitrogen and oxygen atoms in total. The second kappa shape index (κ2) is 18.6. The molecule has 1 amide bonds. The summed E-state index contributed by atoms with van der Waals surface area (Å²) in [5.74, 6) is -6.91. The van der Waals surface area contributed by atoms with E-state index in [1.54, 1.807) is 0 Å². The maximum absolute atomic E-state index is 13.0. The molecule has 0 aromatic carbocycles. The van der Waals surface area contributed by atoms with Crippen molar-refractivity contribution >= 4 is 11.9 Å². The standard InChI is InChI=1S/C30H51NO23/c1-8-10(37)3-30(29(46)47,53-22(8)16(39)11(38)4-32)54-25-21(44)28(51-23-13(6-34)48-26(45)20(43)19(23)42)50-14(7-35)24(25)52-27-15(31-9(2)36)18(41)17(40)12(5-33)49-27/h8,10-28,32-35,37-45H,3-7H2,1-2H3,(H,31,36)(H,46,47)/t8-,10?,11-,12?,13?,14?,15?,16+,17+,18-,19-,20?,21?,22-,23-,24+,25-,26?,27+,28+,30+/m1/s1. The number of amides is 1. The second-order valence-corrected chi connectivity index (χ2v) is 13.7. The van der Waals surface area contributed by atoms with E-state index in [4.69, 9.17) is 33.2 Å². The van der Waals surface area contributed by atoms with E-state index >= 15 is 0 Å². The first-order valence-corrected chi connectivity index (χ1v) is 17.1. The fourth-order valence-corrected chi connectivity index (χ4v) is 6.83. The third kappa shape index (κ3) is 9.13. The highest BCUT2D eigenvalue weighted by atomic mass is 16.8. The summed E-state index contributed by atoms with van der Waals surface area (Å²) >= 11 is 0. The minimum Gasteiger partial charge on any atom is -0.477 e. The lowest BCUT2D eigenvalue weighted by Gasteiger charge is -2.52. The Bertz CT molecular complexity index is 1230. The predicted octanol–water partition coefficient (Wildman–Crippen LogP) is -9.12. The van der Waals surface area contributed by atoms with Gasteiger partial charge in [-0.05, 0) is 0 Å². The van der Waals surface area contributed by atoms with Gasteiger partial charge in [0.1, 0.15) is 85.4 Å². The fraction of sp³-hybridized carbons (Fsp3) is 0.933. The summed E-state index contributed by atoms with van der Waals surface area (Å²) in [4.78, 5) is 25.1. The second-order valence-electron chi connectivity index (χ2n) is 13.7. The van der Waals surface area contributed by atoms with Gasteiger partial charge < -0.3 is 110 Å². The van der Waals surface area contributed by atoms with Crippen LogP contribution in [-0.2, 0) is 42.7 Å². The molecule has 54 heavy (non-hydrogen) atoms. The van der Waals surface area contributed by atoms with Crippen LogP contribution >= 0.6 is 0 Å². The number of carbonyl (C=O) groups excluding carboxylic acids is 1. The maximum Gasteiger partial charge on any atom is 0.364 e. The zero-order valence-corrected chi connectivity index (χ0v) is 29.0. The summed E-state index contributed by atoms with van der Waals surface area (Å²) < 4.78 is 39.7. The number of carboxylic acids is 1. The van der Waals surface area contributed by atoms with Crippen molar-refractivity contribution in [2.45, 2.75) is 143 Å². The number of rotatable bonds is 14. The van der Waals surface area contributed by atoms with Crippen LogP contribution in [0.4, 0.5) is 0 Å². The van der Waals surface area contributed by atoms with Crippen molar-refractivity contribution in [1.82, 2.24) is 5.32 Å². The van der Waals surface area contributed by atoms with Crippen LogP contribution in [0.5, 0.6) is 0 Å². The van der Waals surface area contributed by atoms with Crippen LogP contribution in [0.15, 0.2) is 0 Å². The van der Waals surface area contributed by atoms with Gasteiger partial charge in [-0.1, -0.05) is 6.92 Å². The number of carbonyl (C=O) groups is 2. The molecule has 314 valence electrons. The smallest absolute Gasteiger partial charge is 0.364 e. The fourth-order valence-electron chi connectivity index (χ4n) is 6.83. The van der Waals surface area contributed by atoms with E-state index < -0.39 is 173 Å². The molecule has 0 saturated carbocycles. The molecule has 4 rings (SSSR count). The summed E-state index contributed by atoms with van der Waals surface area (Å²) in [5.41, 5.74) is 0. The highest BCUT2D eigenvalue weighted by Gasteiger charge is 2.60.